The van der Waals surface area contributed by atoms with Gasteiger partial charge in [0.1, 0.15) is 0 Å². The third-order valence-corrected chi connectivity index (χ3v) is 7.50. The maximum absolute atomic E-state index is 13.3. The summed E-state index contributed by atoms with van der Waals surface area (Å²) in [5.74, 6) is 0. The van der Waals surface area contributed by atoms with Gasteiger partial charge in [0, 0.05) is 6.54 Å². The fourth-order valence-corrected chi connectivity index (χ4v) is 5.89. The summed E-state index contributed by atoms with van der Waals surface area (Å²) in [6.07, 6.45) is 6.26. The first-order valence-corrected chi connectivity index (χ1v) is 10.7. The Balaban J connectivity index is 1.68. The second-order valence-corrected chi connectivity index (χ2v) is 9.21. The summed E-state index contributed by atoms with van der Waals surface area (Å²) in [5, 5.41) is 0. The molecule has 1 saturated heterocycles. The molecule has 0 aromatic heterocycles. The van der Waals surface area contributed by atoms with E-state index in [1.807, 2.05) is 18.2 Å². The summed E-state index contributed by atoms with van der Waals surface area (Å²) < 4.78 is 28.3. The van der Waals surface area contributed by atoms with Crippen LogP contribution in [0.5, 0.6) is 0 Å². The van der Waals surface area contributed by atoms with Crippen LogP contribution in [0.25, 0.3) is 0 Å². The minimum absolute atomic E-state index is 0.0402. The van der Waals surface area contributed by atoms with Gasteiger partial charge in [-0.15, -0.1) is 0 Å². The number of fused-ring (bicyclic) bond motifs is 1. The molecule has 132 valence electrons. The molecular weight excluding hydrogens is 330 g/mol. The van der Waals surface area contributed by atoms with Crippen molar-refractivity contribution in [2.45, 2.75) is 56.4 Å². The Labute approximate surface area is 150 Å². The molecule has 3 nitrogen and oxygen atoms in total. The fourth-order valence-electron chi connectivity index (χ4n) is 4.16. The minimum Gasteiger partial charge on any atom is -0.207 e. The lowest BCUT2D eigenvalue weighted by Crippen LogP contribution is -2.30. The molecule has 1 aliphatic carbocycles. The topological polar surface area (TPSA) is 37.4 Å². The van der Waals surface area contributed by atoms with Crippen molar-refractivity contribution in [3.63, 3.8) is 0 Å². The largest absolute Gasteiger partial charge is 0.243 e. The Morgan fingerprint density at radius 1 is 0.920 bits per heavy atom. The lowest BCUT2D eigenvalue weighted by Gasteiger charge is -2.25. The average molecular weight is 356 g/mol. The molecule has 4 heteroatoms. The van der Waals surface area contributed by atoms with Crippen molar-refractivity contribution in [3.05, 3.63) is 64.7 Å². The number of hydrogen-bond donors (Lipinski definition) is 0. The quantitative estimate of drug-likeness (QED) is 0.818. The van der Waals surface area contributed by atoms with Crippen LogP contribution in [0.1, 0.15) is 54.0 Å². The molecule has 1 atom stereocenters. The van der Waals surface area contributed by atoms with Gasteiger partial charge in [-0.2, -0.15) is 4.31 Å². The highest BCUT2D eigenvalue weighted by atomic mass is 32.2. The van der Waals surface area contributed by atoms with Crippen LogP contribution in [0, 0.1) is 6.92 Å². The van der Waals surface area contributed by atoms with E-state index in [0.29, 0.717) is 11.4 Å². The van der Waals surface area contributed by atoms with Gasteiger partial charge in [0.2, 0.25) is 10.0 Å². The molecular formula is C21H25NO2S. The predicted molar refractivity (Wildman–Crippen MR) is 100 cm³/mol. The Hall–Kier alpha value is -1.65. The van der Waals surface area contributed by atoms with Gasteiger partial charge in [0.05, 0.1) is 10.9 Å². The molecule has 1 heterocycles. The zero-order valence-corrected chi connectivity index (χ0v) is 15.6. The first kappa shape index (κ1) is 16.8. The normalized spacial score (nSPS) is 21.2. The third-order valence-electron chi connectivity index (χ3n) is 5.59. The van der Waals surface area contributed by atoms with Crippen molar-refractivity contribution < 1.29 is 8.42 Å². The number of sulfonamides is 1. The van der Waals surface area contributed by atoms with Crippen LogP contribution < -0.4 is 0 Å². The van der Waals surface area contributed by atoms with Crippen LogP contribution in [-0.4, -0.2) is 19.3 Å². The molecule has 0 saturated carbocycles. The van der Waals surface area contributed by atoms with Crippen LogP contribution in [0.2, 0.25) is 0 Å². The van der Waals surface area contributed by atoms with Gasteiger partial charge in [0.15, 0.2) is 0 Å². The summed E-state index contributed by atoms with van der Waals surface area (Å²) >= 11 is 0. The van der Waals surface area contributed by atoms with Crippen LogP contribution in [-0.2, 0) is 22.9 Å². The van der Waals surface area contributed by atoms with E-state index in [1.165, 1.54) is 23.1 Å². The van der Waals surface area contributed by atoms with E-state index >= 15 is 0 Å². The van der Waals surface area contributed by atoms with Gasteiger partial charge in [-0.05, 0) is 74.3 Å². The number of hydrogen-bond acceptors (Lipinski definition) is 2. The monoisotopic (exact) mass is 355 g/mol. The number of rotatable bonds is 3. The van der Waals surface area contributed by atoms with Crippen molar-refractivity contribution in [2.75, 3.05) is 6.54 Å². The molecule has 2 aliphatic rings. The fraction of sp³-hybridized carbons (Fsp3) is 0.429. The van der Waals surface area contributed by atoms with Crippen molar-refractivity contribution in [1.29, 1.82) is 0 Å². The molecule has 2 aromatic carbocycles. The molecule has 4 rings (SSSR count). The van der Waals surface area contributed by atoms with E-state index in [1.54, 1.807) is 4.31 Å². The molecule has 1 aliphatic heterocycles. The SMILES string of the molecule is Cc1ccc([C@H]2CCCN2S(=O)(=O)c2ccc3c(c2)CCCC3)cc1. The van der Waals surface area contributed by atoms with E-state index in [9.17, 15) is 8.42 Å². The van der Waals surface area contributed by atoms with Crippen molar-refractivity contribution in [3.8, 4) is 0 Å². The van der Waals surface area contributed by atoms with E-state index in [4.69, 9.17) is 0 Å². The molecule has 0 unspecified atom stereocenters. The molecule has 0 amide bonds. The minimum atomic E-state index is -3.45. The molecule has 25 heavy (non-hydrogen) atoms. The van der Waals surface area contributed by atoms with Crippen LogP contribution in [0.3, 0.4) is 0 Å². The average Bonchev–Trinajstić information content (AvgIpc) is 3.12. The lowest BCUT2D eigenvalue weighted by molar-refractivity contribution is 0.396. The summed E-state index contributed by atoms with van der Waals surface area (Å²) in [6.45, 7) is 2.66. The smallest absolute Gasteiger partial charge is 0.207 e. The zero-order valence-electron chi connectivity index (χ0n) is 14.7. The van der Waals surface area contributed by atoms with Gasteiger partial charge < -0.3 is 0 Å². The van der Waals surface area contributed by atoms with Crippen LogP contribution >= 0.6 is 0 Å². The highest BCUT2D eigenvalue weighted by Crippen LogP contribution is 2.37. The lowest BCUT2D eigenvalue weighted by atomic mass is 9.92. The first-order chi connectivity index (χ1) is 12.1. The van der Waals surface area contributed by atoms with Crippen molar-refractivity contribution in [2.24, 2.45) is 0 Å². The maximum atomic E-state index is 13.3. The molecule has 0 N–H and O–H groups in total. The number of aryl methyl sites for hydroxylation is 3. The van der Waals surface area contributed by atoms with Gasteiger partial charge in [0.25, 0.3) is 0 Å². The van der Waals surface area contributed by atoms with Gasteiger partial charge in [-0.25, -0.2) is 8.42 Å². The van der Waals surface area contributed by atoms with Crippen molar-refractivity contribution >= 4 is 10.0 Å². The maximum Gasteiger partial charge on any atom is 0.243 e. The Bertz CT molecular complexity index is 871. The molecule has 0 radical (unpaired) electrons. The molecule has 2 aromatic rings. The van der Waals surface area contributed by atoms with Gasteiger partial charge in [-0.1, -0.05) is 35.9 Å². The predicted octanol–water partition coefficient (Wildman–Crippen LogP) is 4.40. The van der Waals surface area contributed by atoms with Crippen molar-refractivity contribution in [1.82, 2.24) is 4.31 Å². The highest BCUT2D eigenvalue weighted by molar-refractivity contribution is 7.89. The zero-order chi connectivity index (χ0) is 17.4. The summed E-state index contributed by atoms with van der Waals surface area (Å²) in [4.78, 5) is 0.465. The number of nitrogens with zero attached hydrogens (tertiary/aromatic N) is 1. The van der Waals surface area contributed by atoms with E-state index < -0.39 is 10.0 Å². The van der Waals surface area contributed by atoms with E-state index in [2.05, 4.69) is 31.2 Å². The Kier molecular flexibility index (Phi) is 4.42. The van der Waals surface area contributed by atoms with E-state index in [0.717, 1.165) is 37.7 Å². The molecule has 0 bridgehead atoms. The number of benzene rings is 2. The van der Waals surface area contributed by atoms with Crippen LogP contribution in [0.15, 0.2) is 47.4 Å². The Morgan fingerprint density at radius 3 is 2.40 bits per heavy atom. The summed E-state index contributed by atoms with van der Waals surface area (Å²) in [5.41, 5.74) is 4.84. The van der Waals surface area contributed by atoms with Crippen LogP contribution in [0.4, 0.5) is 0 Å². The highest BCUT2D eigenvalue weighted by Gasteiger charge is 2.36. The Morgan fingerprint density at radius 2 is 1.64 bits per heavy atom. The molecule has 1 fully saturated rings. The van der Waals surface area contributed by atoms with Gasteiger partial charge in [-0.3, -0.25) is 0 Å². The second-order valence-electron chi connectivity index (χ2n) is 7.32. The summed E-state index contributed by atoms with van der Waals surface area (Å²) in [6, 6.07) is 14.0. The molecule has 0 spiro atoms. The first-order valence-electron chi connectivity index (χ1n) is 9.26. The van der Waals surface area contributed by atoms with Gasteiger partial charge >= 0.3 is 0 Å². The third kappa shape index (κ3) is 3.13. The second kappa shape index (κ2) is 6.58. The summed E-state index contributed by atoms with van der Waals surface area (Å²) in [7, 11) is -3.45. The van der Waals surface area contributed by atoms with E-state index in [-0.39, 0.29) is 6.04 Å². The standard InChI is InChI=1S/C21H25NO2S/c1-16-8-10-18(11-9-16)21-7-4-14-22(21)25(23,24)20-13-12-17-5-2-3-6-19(17)15-20/h8-13,15,21H,2-7,14H2,1H3/t21-/m1/s1.